The number of aromatic hydroxyl groups is 1. The number of rotatable bonds is 3. The second kappa shape index (κ2) is 7.65. The summed E-state index contributed by atoms with van der Waals surface area (Å²) in [5, 5.41) is 13.0. The average molecular weight is 459 g/mol. The molecule has 3 aliphatic rings. The second-order valence-electron chi connectivity index (χ2n) is 9.00. The molecule has 0 radical (unpaired) electrons. The quantitative estimate of drug-likeness (QED) is 0.731. The Bertz CT molecular complexity index is 1230. The number of aromatic nitrogens is 1. The van der Waals surface area contributed by atoms with Gasteiger partial charge in [0.25, 0.3) is 11.8 Å². The zero-order valence-corrected chi connectivity index (χ0v) is 18.0. The highest BCUT2D eigenvalue weighted by Gasteiger charge is 2.53. The molecule has 1 aromatic heterocycles. The van der Waals surface area contributed by atoms with Crippen LogP contribution in [0.15, 0.2) is 29.2 Å². The number of fused-ring (bicyclic) bond motifs is 5. The molecular weight excluding hydrogens is 436 g/mol. The molecule has 2 aliphatic heterocycles. The third kappa shape index (κ3) is 3.31. The van der Waals surface area contributed by atoms with Crippen molar-refractivity contribution in [3.63, 3.8) is 0 Å². The molecule has 174 valence electrons. The first-order valence-corrected chi connectivity index (χ1v) is 10.8. The zero-order valence-electron chi connectivity index (χ0n) is 18.0. The van der Waals surface area contributed by atoms with E-state index in [0.717, 1.165) is 6.07 Å². The smallest absolute Gasteiger partial charge is 0.276 e. The number of benzene rings is 1. The van der Waals surface area contributed by atoms with E-state index in [-0.39, 0.29) is 53.9 Å². The number of hydrogen-bond acceptors (Lipinski definition) is 5. The molecule has 0 spiro atoms. The van der Waals surface area contributed by atoms with Crippen LogP contribution in [0.5, 0.6) is 5.75 Å². The number of nitrogens with zero attached hydrogens (tertiary/aromatic N) is 2. The van der Waals surface area contributed by atoms with Crippen molar-refractivity contribution < 1.29 is 28.2 Å². The summed E-state index contributed by atoms with van der Waals surface area (Å²) in [5.41, 5.74) is -1.52. The topological polar surface area (TPSA) is 101 Å². The lowest BCUT2D eigenvalue weighted by Gasteiger charge is -2.45. The lowest BCUT2D eigenvalue weighted by molar-refractivity contribution is -0.138. The maximum atomic E-state index is 13.8. The Hall–Kier alpha value is -3.27. The normalized spacial score (nSPS) is 27.8. The SMILES string of the molecule is C[C@@H]1[C@H](C)[C@@H]2C[C@@H]1OC1Cn3cc(C(=O)NCc4ccc(F)cc4F)c(=O)c(O)c3C(=O)N12. The van der Waals surface area contributed by atoms with E-state index in [1.54, 1.807) is 4.90 Å². The van der Waals surface area contributed by atoms with Crippen molar-refractivity contribution in [1.82, 2.24) is 14.8 Å². The monoisotopic (exact) mass is 459 g/mol. The van der Waals surface area contributed by atoms with E-state index in [4.69, 9.17) is 4.74 Å². The number of amides is 2. The standard InChI is InChI=1S/C23H23F2N3O5/c1-10-11(2)17-6-16(10)28-18(33-17)9-27-8-14(20(29)21(30)19(27)23(28)32)22(31)26-7-12-3-4-13(24)5-15(12)25/h3-5,8,10-11,16-18,30H,6-7,9H2,1-2H3,(H,26,31)/t10-,11+,16-,17-,18?/m0/s1. The fourth-order valence-corrected chi connectivity index (χ4v) is 5.20. The van der Waals surface area contributed by atoms with Gasteiger partial charge in [-0.15, -0.1) is 0 Å². The summed E-state index contributed by atoms with van der Waals surface area (Å²) in [7, 11) is 0. The van der Waals surface area contributed by atoms with Crippen LogP contribution >= 0.6 is 0 Å². The van der Waals surface area contributed by atoms with E-state index in [1.165, 1.54) is 16.8 Å². The van der Waals surface area contributed by atoms with Crippen LogP contribution in [-0.2, 0) is 17.8 Å². The maximum Gasteiger partial charge on any atom is 0.276 e. The van der Waals surface area contributed by atoms with Crippen molar-refractivity contribution in [2.45, 2.75) is 51.7 Å². The van der Waals surface area contributed by atoms with Crippen LogP contribution in [0.1, 0.15) is 46.7 Å². The van der Waals surface area contributed by atoms with Gasteiger partial charge in [-0.1, -0.05) is 19.9 Å². The summed E-state index contributed by atoms with van der Waals surface area (Å²) < 4.78 is 34.4. The van der Waals surface area contributed by atoms with Gasteiger partial charge in [-0.2, -0.15) is 0 Å². The summed E-state index contributed by atoms with van der Waals surface area (Å²) in [6.45, 7) is 4.02. The van der Waals surface area contributed by atoms with Crippen LogP contribution in [0.3, 0.4) is 0 Å². The molecule has 8 nitrogen and oxygen atoms in total. The summed E-state index contributed by atoms with van der Waals surface area (Å²) in [4.78, 5) is 40.3. The van der Waals surface area contributed by atoms with E-state index >= 15 is 0 Å². The van der Waals surface area contributed by atoms with Gasteiger partial charge in [0.05, 0.1) is 12.6 Å². The molecular formula is C23H23F2N3O5. The van der Waals surface area contributed by atoms with E-state index in [1.807, 2.05) is 0 Å². The van der Waals surface area contributed by atoms with Crippen molar-refractivity contribution in [3.05, 3.63) is 63.1 Å². The van der Waals surface area contributed by atoms with E-state index in [9.17, 15) is 28.3 Å². The Balaban J connectivity index is 1.44. The molecule has 2 bridgehead atoms. The first-order chi connectivity index (χ1) is 15.7. The fraction of sp³-hybridized carbons (Fsp3) is 0.435. The minimum absolute atomic E-state index is 0.0157. The van der Waals surface area contributed by atoms with Crippen LogP contribution in [0.4, 0.5) is 8.78 Å². The van der Waals surface area contributed by atoms with Crippen LogP contribution in [-0.4, -0.2) is 44.8 Å². The molecule has 1 aromatic carbocycles. The van der Waals surface area contributed by atoms with Gasteiger partial charge < -0.3 is 24.6 Å². The number of carbonyl (C=O) groups is 2. The minimum Gasteiger partial charge on any atom is -0.503 e. The summed E-state index contributed by atoms with van der Waals surface area (Å²) >= 11 is 0. The Morgan fingerprint density at radius 3 is 2.73 bits per heavy atom. The first-order valence-electron chi connectivity index (χ1n) is 10.8. The lowest BCUT2D eigenvalue weighted by Crippen LogP contribution is -2.58. The van der Waals surface area contributed by atoms with Crippen LogP contribution < -0.4 is 10.7 Å². The van der Waals surface area contributed by atoms with Crippen LogP contribution in [0.2, 0.25) is 0 Å². The van der Waals surface area contributed by atoms with Gasteiger partial charge in [0, 0.05) is 30.4 Å². The zero-order chi connectivity index (χ0) is 23.6. The predicted octanol–water partition coefficient (Wildman–Crippen LogP) is 1.99. The number of pyridine rings is 1. The molecule has 2 aromatic rings. The highest BCUT2D eigenvalue weighted by Crippen LogP contribution is 2.44. The van der Waals surface area contributed by atoms with Gasteiger partial charge in [0.2, 0.25) is 5.43 Å². The summed E-state index contributed by atoms with van der Waals surface area (Å²) in [6, 6.07) is 2.89. The van der Waals surface area contributed by atoms with Crippen molar-refractivity contribution in [2.75, 3.05) is 0 Å². The highest BCUT2D eigenvalue weighted by molar-refractivity contribution is 5.99. The predicted molar refractivity (Wildman–Crippen MR) is 111 cm³/mol. The van der Waals surface area contributed by atoms with Crippen molar-refractivity contribution in [1.29, 1.82) is 0 Å². The highest BCUT2D eigenvalue weighted by atomic mass is 19.1. The van der Waals surface area contributed by atoms with Gasteiger partial charge in [-0.25, -0.2) is 8.78 Å². The molecule has 2 amide bonds. The number of nitrogens with one attached hydrogen (secondary N) is 1. The number of halogens is 2. The van der Waals surface area contributed by atoms with Gasteiger partial charge in [-0.3, -0.25) is 14.4 Å². The molecule has 2 fully saturated rings. The molecule has 2 N–H and O–H groups in total. The summed E-state index contributed by atoms with van der Waals surface area (Å²) in [6.07, 6.45) is 1.38. The summed E-state index contributed by atoms with van der Waals surface area (Å²) in [5.74, 6) is -3.28. The average Bonchev–Trinajstić information content (AvgIpc) is 2.99. The van der Waals surface area contributed by atoms with Gasteiger partial charge in [-0.05, 0) is 24.3 Å². The van der Waals surface area contributed by atoms with E-state index < -0.39 is 40.9 Å². The van der Waals surface area contributed by atoms with Gasteiger partial charge in [0.15, 0.2) is 17.7 Å². The maximum absolute atomic E-state index is 13.8. The Kier molecular flexibility index (Phi) is 5.00. The van der Waals surface area contributed by atoms with Gasteiger partial charge in [0.1, 0.15) is 17.2 Å². The molecule has 1 saturated heterocycles. The number of hydrogen-bond donors (Lipinski definition) is 2. The van der Waals surface area contributed by atoms with Crippen molar-refractivity contribution in [2.24, 2.45) is 11.8 Å². The van der Waals surface area contributed by atoms with E-state index in [0.29, 0.717) is 12.5 Å². The Morgan fingerprint density at radius 2 is 2.00 bits per heavy atom. The molecule has 5 atom stereocenters. The number of carbonyl (C=O) groups excluding carboxylic acids is 2. The van der Waals surface area contributed by atoms with E-state index in [2.05, 4.69) is 19.2 Å². The number of ether oxygens (including phenoxy) is 1. The first kappa shape index (κ1) is 21.6. The molecule has 10 heteroatoms. The third-order valence-corrected chi connectivity index (χ3v) is 7.24. The minimum atomic E-state index is -0.992. The fourth-order valence-electron chi connectivity index (χ4n) is 5.20. The molecule has 1 aliphatic carbocycles. The molecule has 33 heavy (non-hydrogen) atoms. The van der Waals surface area contributed by atoms with Crippen molar-refractivity contribution >= 4 is 11.8 Å². The Morgan fingerprint density at radius 1 is 1.24 bits per heavy atom. The molecule has 1 unspecified atom stereocenters. The Labute approximate surface area is 187 Å². The van der Waals surface area contributed by atoms with Crippen LogP contribution in [0.25, 0.3) is 0 Å². The molecule has 5 rings (SSSR count). The lowest BCUT2D eigenvalue weighted by atomic mass is 9.96. The largest absolute Gasteiger partial charge is 0.503 e. The molecule has 3 heterocycles. The van der Waals surface area contributed by atoms with Crippen molar-refractivity contribution in [3.8, 4) is 5.75 Å². The van der Waals surface area contributed by atoms with Crippen LogP contribution in [0, 0.1) is 23.5 Å². The second-order valence-corrected chi connectivity index (χ2v) is 9.00. The third-order valence-electron chi connectivity index (χ3n) is 7.24. The molecule has 1 saturated carbocycles. The van der Waals surface area contributed by atoms with Gasteiger partial charge >= 0.3 is 0 Å².